The Hall–Kier alpha value is -2.06. The summed E-state index contributed by atoms with van der Waals surface area (Å²) in [5.74, 6) is 0.679. The van der Waals surface area contributed by atoms with E-state index in [1.807, 2.05) is 4.90 Å². The van der Waals surface area contributed by atoms with Gasteiger partial charge in [0.1, 0.15) is 0 Å². The van der Waals surface area contributed by atoms with Crippen LogP contribution in [0.25, 0.3) is 0 Å². The lowest BCUT2D eigenvalue weighted by Gasteiger charge is -2.60. The van der Waals surface area contributed by atoms with Crippen LogP contribution in [0.5, 0.6) is 0 Å². The molecule has 2 aliphatic carbocycles. The first kappa shape index (κ1) is 17.4. The minimum atomic E-state index is -0.0742. The molecule has 2 amide bonds. The molecule has 5 heteroatoms. The number of urea groups is 1. The molecule has 1 spiro atoms. The van der Waals surface area contributed by atoms with E-state index in [9.17, 15) is 4.79 Å². The molecule has 1 aromatic rings. The van der Waals surface area contributed by atoms with E-state index < -0.39 is 0 Å². The third-order valence-corrected chi connectivity index (χ3v) is 6.60. The Morgan fingerprint density at radius 2 is 1.92 bits per heavy atom. The molecule has 1 saturated heterocycles. The molecule has 3 aliphatic rings. The first-order chi connectivity index (χ1) is 12.5. The van der Waals surface area contributed by atoms with Crippen LogP contribution in [0.2, 0.25) is 0 Å². The molecule has 2 saturated carbocycles. The highest BCUT2D eigenvalue weighted by atomic mass is 16.2. The molecule has 5 nitrogen and oxygen atoms in total. The normalized spacial score (nSPS) is 30.8. The molecule has 0 aromatic heterocycles. The molecule has 0 unspecified atom stereocenters. The van der Waals surface area contributed by atoms with Gasteiger partial charge in [-0.05, 0) is 51.3 Å². The molecule has 0 atom stereocenters. The lowest BCUT2D eigenvalue weighted by atomic mass is 9.58. The summed E-state index contributed by atoms with van der Waals surface area (Å²) in [6.45, 7) is 2.21. The highest BCUT2D eigenvalue weighted by Crippen LogP contribution is 2.57. The zero-order valence-electron chi connectivity index (χ0n) is 15.8. The van der Waals surface area contributed by atoms with Crippen LogP contribution in [-0.2, 0) is 5.54 Å². The molecule has 26 heavy (non-hydrogen) atoms. The lowest BCUT2D eigenvalue weighted by Crippen LogP contribution is -2.67. The predicted octanol–water partition coefficient (Wildman–Crippen LogP) is 3.04. The summed E-state index contributed by atoms with van der Waals surface area (Å²) in [7, 11) is 4.30. The van der Waals surface area contributed by atoms with Crippen molar-refractivity contribution in [3.8, 4) is 6.07 Å². The average Bonchev–Trinajstić information content (AvgIpc) is 3.38. The summed E-state index contributed by atoms with van der Waals surface area (Å²) >= 11 is 0. The fourth-order valence-corrected chi connectivity index (χ4v) is 4.94. The van der Waals surface area contributed by atoms with Gasteiger partial charge in [-0.25, -0.2) is 4.79 Å². The van der Waals surface area contributed by atoms with Crippen molar-refractivity contribution in [2.75, 3.05) is 33.7 Å². The number of benzene rings is 1. The average molecular weight is 352 g/mol. The molecule has 138 valence electrons. The number of amides is 2. The summed E-state index contributed by atoms with van der Waals surface area (Å²) in [4.78, 5) is 19.4. The van der Waals surface area contributed by atoms with Gasteiger partial charge in [0.2, 0.25) is 0 Å². The van der Waals surface area contributed by atoms with Gasteiger partial charge in [-0.3, -0.25) is 4.90 Å². The number of carbonyl (C=O) groups excluding carboxylic acids is 1. The van der Waals surface area contributed by atoms with E-state index in [4.69, 9.17) is 5.26 Å². The van der Waals surface area contributed by atoms with Gasteiger partial charge in [0.15, 0.2) is 0 Å². The molecule has 0 bridgehead atoms. The number of nitrogens with zero attached hydrogens (tertiary/aromatic N) is 4. The topological polar surface area (TPSA) is 50.6 Å². The quantitative estimate of drug-likeness (QED) is 0.791. The molecule has 1 aromatic carbocycles. The molecule has 0 radical (unpaired) electrons. The Balaban J connectivity index is 1.60. The second kappa shape index (κ2) is 6.28. The van der Waals surface area contributed by atoms with Crippen molar-refractivity contribution in [1.82, 2.24) is 14.7 Å². The van der Waals surface area contributed by atoms with Crippen molar-refractivity contribution in [3.05, 3.63) is 35.9 Å². The Kier molecular flexibility index (Phi) is 4.19. The number of hydrogen-bond acceptors (Lipinski definition) is 3. The summed E-state index contributed by atoms with van der Waals surface area (Å²) < 4.78 is 0. The van der Waals surface area contributed by atoms with Crippen LogP contribution in [0.1, 0.15) is 37.7 Å². The molecule has 0 N–H and O–H groups in total. The SMILES string of the molecule is CN(C)C1(c2ccccc2)CC2(CN(CCC#N)C(=O)N2CC2CC2)C1. The van der Waals surface area contributed by atoms with E-state index >= 15 is 0 Å². The highest BCUT2D eigenvalue weighted by Gasteiger charge is 2.64. The lowest BCUT2D eigenvalue weighted by molar-refractivity contribution is -0.0707. The molecule has 4 rings (SSSR count). The van der Waals surface area contributed by atoms with E-state index in [1.165, 1.54) is 18.4 Å². The number of carbonyl (C=O) groups is 1. The second-order valence-electron chi connectivity index (χ2n) is 8.54. The van der Waals surface area contributed by atoms with Crippen molar-refractivity contribution in [2.24, 2.45) is 5.92 Å². The van der Waals surface area contributed by atoms with Gasteiger partial charge in [-0.2, -0.15) is 5.26 Å². The Bertz CT molecular complexity index is 713. The monoisotopic (exact) mass is 352 g/mol. The fraction of sp³-hybridized carbons (Fsp3) is 0.619. The van der Waals surface area contributed by atoms with E-state index in [1.54, 1.807) is 0 Å². The Morgan fingerprint density at radius 3 is 2.50 bits per heavy atom. The third-order valence-electron chi connectivity index (χ3n) is 6.60. The van der Waals surface area contributed by atoms with E-state index in [-0.39, 0.29) is 17.1 Å². The van der Waals surface area contributed by atoms with E-state index in [0.29, 0.717) is 18.9 Å². The Morgan fingerprint density at radius 1 is 1.23 bits per heavy atom. The first-order valence-electron chi connectivity index (χ1n) is 9.67. The van der Waals surface area contributed by atoms with Gasteiger partial charge in [0.25, 0.3) is 0 Å². The van der Waals surface area contributed by atoms with Gasteiger partial charge in [0.05, 0.1) is 23.6 Å². The van der Waals surface area contributed by atoms with Crippen molar-refractivity contribution in [1.29, 1.82) is 5.26 Å². The summed E-state index contributed by atoms with van der Waals surface area (Å²) in [6, 6.07) is 13.0. The molecule has 3 fully saturated rings. The molecule has 1 aliphatic heterocycles. The van der Waals surface area contributed by atoms with Crippen LogP contribution >= 0.6 is 0 Å². The van der Waals surface area contributed by atoms with Crippen LogP contribution in [-0.4, -0.2) is 60.0 Å². The van der Waals surface area contributed by atoms with Gasteiger partial charge in [-0.15, -0.1) is 0 Å². The second-order valence-corrected chi connectivity index (χ2v) is 8.54. The van der Waals surface area contributed by atoms with Crippen molar-refractivity contribution >= 4 is 6.03 Å². The molecular formula is C21H28N4O. The summed E-state index contributed by atoms with van der Waals surface area (Å²) in [5.41, 5.74) is 1.26. The maximum absolute atomic E-state index is 13.0. The van der Waals surface area contributed by atoms with E-state index in [2.05, 4.69) is 60.3 Å². The van der Waals surface area contributed by atoms with Gasteiger partial charge in [0, 0.05) is 19.6 Å². The zero-order valence-corrected chi connectivity index (χ0v) is 15.8. The minimum Gasteiger partial charge on any atom is -0.321 e. The van der Waals surface area contributed by atoms with Crippen LogP contribution in [0.15, 0.2) is 30.3 Å². The van der Waals surface area contributed by atoms with Crippen LogP contribution < -0.4 is 0 Å². The van der Waals surface area contributed by atoms with Crippen LogP contribution in [0.3, 0.4) is 0 Å². The first-order valence-corrected chi connectivity index (χ1v) is 9.67. The van der Waals surface area contributed by atoms with Crippen molar-refractivity contribution in [3.63, 3.8) is 0 Å². The van der Waals surface area contributed by atoms with Gasteiger partial charge >= 0.3 is 6.03 Å². The third kappa shape index (κ3) is 2.68. The highest BCUT2D eigenvalue weighted by molar-refractivity contribution is 5.79. The molecule has 1 heterocycles. The van der Waals surface area contributed by atoms with Gasteiger partial charge < -0.3 is 9.80 Å². The number of nitriles is 1. The van der Waals surface area contributed by atoms with Gasteiger partial charge in [-0.1, -0.05) is 30.3 Å². The minimum absolute atomic E-state index is 0.00538. The Labute approximate surface area is 156 Å². The maximum Gasteiger partial charge on any atom is 0.320 e. The smallest absolute Gasteiger partial charge is 0.320 e. The fourth-order valence-electron chi connectivity index (χ4n) is 4.94. The summed E-state index contributed by atoms with van der Waals surface area (Å²) in [6.07, 6.45) is 4.85. The van der Waals surface area contributed by atoms with Crippen molar-refractivity contribution in [2.45, 2.75) is 43.2 Å². The number of hydrogen-bond donors (Lipinski definition) is 0. The largest absolute Gasteiger partial charge is 0.321 e. The maximum atomic E-state index is 13.0. The van der Waals surface area contributed by atoms with Crippen molar-refractivity contribution < 1.29 is 4.79 Å². The van der Waals surface area contributed by atoms with Crippen LogP contribution in [0, 0.1) is 17.2 Å². The standard InChI is InChI=1S/C21H28N4O/c1-23(2)21(18-7-4-3-5-8-18)14-20(15-21)16-24(12-6-11-22)19(26)25(20)13-17-9-10-17/h3-5,7-8,17H,6,9-10,12-16H2,1-2H3. The van der Waals surface area contributed by atoms with E-state index in [0.717, 1.165) is 25.9 Å². The summed E-state index contributed by atoms with van der Waals surface area (Å²) in [5, 5.41) is 8.93. The number of rotatable bonds is 6. The predicted molar refractivity (Wildman–Crippen MR) is 100 cm³/mol. The molecular weight excluding hydrogens is 324 g/mol. The van der Waals surface area contributed by atoms with Crippen LogP contribution in [0.4, 0.5) is 4.79 Å². The zero-order chi connectivity index (χ0) is 18.4.